The van der Waals surface area contributed by atoms with E-state index in [0.29, 0.717) is 12.5 Å². The van der Waals surface area contributed by atoms with Crippen molar-refractivity contribution in [3.05, 3.63) is 89.9 Å². The van der Waals surface area contributed by atoms with Crippen LogP contribution in [0.15, 0.2) is 72.9 Å². The standard InChI is InChI=1S/C28H30N4O2/c1-20-10-12-21(13-11-20)19-29-28(33)31-17-14-22(15-18-31)27-30-26(24-8-5-6-16-32(24)27)23-7-3-4-9-25(23)34-2/h3-13,16,22H,14-15,17-19H2,1-2H3,(H,29,33). The van der Waals surface area contributed by atoms with Crippen LogP contribution in [0, 0.1) is 6.92 Å². The number of aromatic nitrogens is 2. The highest BCUT2D eigenvalue weighted by molar-refractivity contribution is 5.81. The van der Waals surface area contributed by atoms with Gasteiger partial charge in [0.1, 0.15) is 17.3 Å². The van der Waals surface area contributed by atoms with Crippen LogP contribution in [0.4, 0.5) is 4.79 Å². The number of carbonyl (C=O) groups is 1. The van der Waals surface area contributed by atoms with Crippen LogP contribution in [0.5, 0.6) is 5.75 Å². The van der Waals surface area contributed by atoms with Crippen molar-refractivity contribution in [1.29, 1.82) is 0 Å². The van der Waals surface area contributed by atoms with Crippen LogP contribution < -0.4 is 10.1 Å². The second-order valence-corrected chi connectivity index (χ2v) is 8.88. The summed E-state index contributed by atoms with van der Waals surface area (Å²) in [6, 6.07) is 22.5. The Bertz CT molecular complexity index is 1290. The summed E-state index contributed by atoms with van der Waals surface area (Å²) in [4.78, 5) is 19.8. The number of nitrogens with one attached hydrogen (secondary N) is 1. The van der Waals surface area contributed by atoms with Crippen molar-refractivity contribution in [2.45, 2.75) is 32.2 Å². The van der Waals surface area contributed by atoms with Crippen LogP contribution in [-0.4, -0.2) is 40.5 Å². The Balaban J connectivity index is 1.30. The zero-order valence-corrected chi connectivity index (χ0v) is 19.7. The monoisotopic (exact) mass is 454 g/mol. The summed E-state index contributed by atoms with van der Waals surface area (Å²) in [6.07, 6.45) is 3.85. The molecule has 6 nitrogen and oxygen atoms in total. The summed E-state index contributed by atoms with van der Waals surface area (Å²) in [5.41, 5.74) is 5.33. The number of piperidine rings is 1. The molecule has 1 aliphatic heterocycles. The number of carbonyl (C=O) groups excluding carboxylic acids is 1. The summed E-state index contributed by atoms with van der Waals surface area (Å²) in [7, 11) is 1.69. The molecule has 0 aliphatic carbocycles. The van der Waals surface area contributed by atoms with E-state index in [1.165, 1.54) is 5.56 Å². The highest BCUT2D eigenvalue weighted by atomic mass is 16.5. The first kappa shape index (κ1) is 22.0. The van der Waals surface area contributed by atoms with E-state index in [-0.39, 0.29) is 6.03 Å². The molecule has 0 unspecified atom stereocenters. The molecule has 0 bridgehead atoms. The number of pyridine rings is 1. The first-order valence-corrected chi connectivity index (χ1v) is 11.8. The number of imidazole rings is 1. The van der Waals surface area contributed by atoms with Gasteiger partial charge in [0.2, 0.25) is 0 Å². The predicted octanol–water partition coefficient (Wildman–Crippen LogP) is 5.41. The molecule has 2 aromatic heterocycles. The number of hydrogen-bond acceptors (Lipinski definition) is 3. The predicted molar refractivity (Wildman–Crippen MR) is 134 cm³/mol. The van der Waals surface area contributed by atoms with Crippen LogP contribution in [0.1, 0.15) is 35.7 Å². The average Bonchev–Trinajstić information content (AvgIpc) is 3.28. The zero-order chi connectivity index (χ0) is 23.5. The molecule has 0 spiro atoms. The lowest BCUT2D eigenvalue weighted by Crippen LogP contribution is -2.44. The molecule has 5 rings (SSSR count). The minimum absolute atomic E-state index is 0.00159. The molecule has 0 saturated carbocycles. The molecule has 1 aliphatic rings. The zero-order valence-electron chi connectivity index (χ0n) is 19.7. The molecule has 2 aromatic carbocycles. The van der Waals surface area contributed by atoms with Crippen LogP contribution in [0.25, 0.3) is 16.8 Å². The van der Waals surface area contributed by atoms with Gasteiger partial charge in [-0.15, -0.1) is 0 Å². The molecule has 2 amide bonds. The van der Waals surface area contributed by atoms with E-state index in [0.717, 1.165) is 59.8 Å². The lowest BCUT2D eigenvalue weighted by molar-refractivity contribution is 0.180. The average molecular weight is 455 g/mol. The summed E-state index contributed by atoms with van der Waals surface area (Å²) in [5, 5.41) is 3.06. The minimum Gasteiger partial charge on any atom is -0.496 e. The maximum Gasteiger partial charge on any atom is 0.317 e. The van der Waals surface area contributed by atoms with Gasteiger partial charge in [0.25, 0.3) is 0 Å². The normalized spacial score (nSPS) is 14.4. The lowest BCUT2D eigenvalue weighted by Gasteiger charge is -2.31. The van der Waals surface area contributed by atoms with Crippen molar-refractivity contribution in [2.75, 3.05) is 20.2 Å². The van der Waals surface area contributed by atoms with Crippen molar-refractivity contribution in [3.8, 4) is 17.0 Å². The Morgan fingerprint density at radius 2 is 1.76 bits per heavy atom. The van der Waals surface area contributed by atoms with Gasteiger partial charge in [-0.05, 0) is 49.6 Å². The van der Waals surface area contributed by atoms with E-state index >= 15 is 0 Å². The van der Waals surface area contributed by atoms with Gasteiger partial charge in [-0.1, -0.05) is 48.0 Å². The second-order valence-electron chi connectivity index (χ2n) is 8.88. The molecule has 3 heterocycles. The number of hydrogen-bond donors (Lipinski definition) is 1. The Morgan fingerprint density at radius 1 is 1.03 bits per heavy atom. The van der Waals surface area contributed by atoms with Gasteiger partial charge >= 0.3 is 6.03 Å². The summed E-state index contributed by atoms with van der Waals surface area (Å²) in [5.74, 6) is 2.16. The number of likely N-dealkylation sites (tertiary alicyclic amines) is 1. The van der Waals surface area contributed by atoms with Gasteiger partial charge < -0.3 is 19.4 Å². The number of benzene rings is 2. The van der Waals surface area contributed by atoms with Gasteiger partial charge in [-0.2, -0.15) is 0 Å². The van der Waals surface area contributed by atoms with Crippen LogP contribution >= 0.6 is 0 Å². The fourth-order valence-corrected chi connectivity index (χ4v) is 4.72. The molecule has 34 heavy (non-hydrogen) atoms. The van der Waals surface area contributed by atoms with Crippen molar-refractivity contribution in [3.63, 3.8) is 0 Å². The van der Waals surface area contributed by atoms with E-state index in [1.807, 2.05) is 35.2 Å². The van der Waals surface area contributed by atoms with Crippen LogP contribution in [-0.2, 0) is 6.54 Å². The third kappa shape index (κ3) is 4.36. The molecule has 1 N–H and O–H groups in total. The third-order valence-corrected chi connectivity index (χ3v) is 6.65. The van der Waals surface area contributed by atoms with Gasteiger partial charge in [0.05, 0.1) is 12.6 Å². The molecular formula is C28H30N4O2. The van der Waals surface area contributed by atoms with Crippen molar-refractivity contribution >= 4 is 11.5 Å². The van der Waals surface area contributed by atoms with E-state index in [1.54, 1.807) is 7.11 Å². The molecule has 1 fully saturated rings. The maximum atomic E-state index is 12.7. The number of methoxy groups -OCH3 is 1. The first-order chi connectivity index (χ1) is 16.6. The lowest BCUT2D eigenvalue weighted by atomic mass is 9.96. The number of urea groups is 1. The minimum atomic E-state index is 0.00159. The van der Waals surface area contributed by atoms with E-state index in [9.17, 15) is 4.79 Å². The van der Waals surface area contributed by atoms with Crippen molar-refractivity contribution < 1.29 is 9.53 Å². The number of fused-ring (bicyclic) bond motifs is 1. The number of para-hydroxylation sites is 1. The summed E-state index contributed by atoms with van der Waals surface area (Å²) >= 11 is 0. The highest BCUT2D eigenvalue weighted by Gasteiger charge is 2.28. The molecule has 0 atom stereocenters. The maximum absolute atomic E-state index is 12.7. The van der Waals surface area contributed by atoms with Gasteiger partial charge in [-0.25, -0.2) is 9.78 Å². The Hall–Kier alpha value is -3.80. The van der Waals surface area contributed by atoms with Gasteiger partial charge in [-0.3, -0.25) is 0 Å². The molecule has 4 aromatic rings. The fourth-order valence-electron chi connectivity index (χ4n) is 4.72. The second kappa shape index (κ2) is 9.59. The SMILES string of the molecule is COc1ccccc1-c1nc(C2CCN(C(=O)NCc3ccc(C)cc3)CC2)n2ccccc12. The number of rotatable bonds is 5. The number of nitrogens with zero attached hydrogens (tertiary/aromatic N) is 3. The topological polar surface area (TPSA) is 58.9 Å². The van der Waals surface area contributed by atoms with E-state index < -0.39 is 0 Å². The van der Waals surface area contributed by atoms with Crippen molar-refractivity contribution in [1.82, 2.24) is 19.6 Å². The molecule has 0 radical (unpaired) electrons. The highest BCUT2D eigenvalue weighted by Crippen LogP contribution is 2.36. The van der Waals surface area contributed by atoms with Crippen LogP contribution in [0.3, 0.4) is 0 Å². The number of aryl methyl sites for hydroxylation is 1. The summed E-state index contributed by atoms with van der Waals surface area (Å²) < 4.78 is 7.80. The Labute approximate surface area is 200 Å². The van der Waals surface area contributed by atoms with E-state index in [2.05, 4.69) is 59.2 Å². The quantitative estimate of drug-likeness (QED) is 0.439. The Morgan fingerprint density at radius 3 is 2.53 bits per heavy atom. The number of ether oxygens (including phenoxy) is 1. The van der Waals surface area contributed by atoms with Gasteiger partial charge in [0, 0.05) is 37.3 Å². The fraction of sp³-hybridized carbons (Fsp3) is 0.286. The smallest absolute Gasteiger partial charge is 0.317 e. The number of amides is 2. The first-order valence-electron chi connectivity index (χ1n) is 11.8. The molecule has 6 heteroatoms. The third-order valence-electron chi connectivity index (χ3n) is 6.65. The van der Waals surface area contributed by atoms with Crippen LogP contribution in [0.2, 0.25) is 0 Å². The molecular weight excluding hydrogens is 424 g/mol. The molecule has 1 saturated heterocycles. The van der Waals surface area contributed by atoms with Gasteiger partial charge in [0.15, 0.2) is 0 Å². The Kier molecular flexibility index (Phi) is 6.21. The summed E-state index contributed by atoms with van der Waals surface area (Å²) in [6.45, 7) is 4.05. The van der Waals surface area contributed by atoms with Crippen molar-refractivity contribution in [2.24, 2.45) is 0 Å². The largest absolute Gasteiger partial charge is 0.496 e. The molecule has 174 valence electrons. The van der Waals surface area contributed by atoms with E-state index in [4.69, 9.17) is 9.72 Å².